The molecule has 0 atom stereocenters. The molecule has 88 valence electrons. The number of alkyl halides is 3. The molecule has 0 saturated heterocycles. The van der Waals surface area contributed by atoms with Gasteiger partial charge < -0.3 is 4.57 Å². The third-order valence-electron chi connectivity index (χ3n) is 2.60. The van der Waals surface area contributed by atoms with Gasteiger partial charge >= 0.3 is 6.18 Å². The van der Waals surface area contributed by atoms with Gasteiger partial charge in [0.1, 0.15) is 5.52 Å². The Morgan fingerprint density at radius 1 is 1.29 bits per heavy atom. The third kappa shape index (κ3) is 1.58. The number of halogens is 3. The molecule has 0 bridgehead atoms. The van der Waals surface area contributed by atoms with Crippen LogP contribution in [0.4, 0.5) is 13.2 Å². The van der Waals surface area contributed by atoms with Crippen LogP contribution >= 0.6 is 0 Å². The van der Waals surface area contributed by atoms with Crippen LogP contribution in [0.25, 0.3) is 11.2 Å². The Morgan fingerprint density at radius 2 is 2.12 bits per heavy atom. The lowest BCUT2D eigenvalue weighted by atomic mass is 10.4. The van der Waals surface area contributed by atoms with Gasteiger partial charge in [0.25, 0.3) is 0 Å². The van der Waals surface area contributed by atoms with Crippen molar-refractivity contribution in [2.75, 3.05) is 6.54 Å². The number of rotatable bonds is 0. The molecule has 0 N–H and O–H groups in total. The summed E-state index contributed by atoms with van der Waals surface area (Å²) in [6, 6.07) is 1.57. The lowest BCUT2D eigenvalue weighted by molar-refractivity contribution is -0.141. The fourth-order valence-corrected chi connectivity index (χ4v) is 1.84. The summed E-state index contributed by atoms with van der Waals surface area (Å²) in [5, 5.41) is 0. The number of fused-ring (bicyclic) bond motifs is 3. The summed E-state index contributed by atoms with van der Waals surface area (Å²) in [4.78, 5) is 11.5. The van der Waals surface area contributed by atoms with Crippen LogP contribution in [0.2, 0.25) is 0 Å². The normalized spacial score (nSPS) is 15.2. The molecular weight excluding hydrogens is 233 g/mol. The predicted octanol–water partition coefficient (Wildman–Crippen LogP) is 1.88. The van der Waals surface area contributed by atoms with E-state index in [4.69, 9.17) is 0 Å². The third-order valence-corrected chi connectivity index (χ3v) is 2.60. The number of hydrogen-bond donors (Lipinski definition) is 0. The topological polar surface area (TPSA) is 43.1 Å². The molecule has 1 aliphatic heterocycles. The van der Waals surface area contributed by atoms with E-state index in [1.165, 1.54) is 0 Å². The molecule has 0 amide bonds. The van der Waals surface area contributed by atoms with Crippen LogP contribution in [0.3, 0.4) is 0 Å². The number of aromatic nitrogens is 3. The highest BCUT2D eigenvalue weighted by molar-refractivity contribution is 5.87. The molecule has 0 aliphatic carbocycles. The zero-order valence-electron chi connectivity index (χ0n) is 8.57. The maximum Gasteiger partial charge on any atom is 0.434 e. The van der Waals surface area contributed by atoms with E-state index in [9.17, 15) is 13.2 Å². The van der Waals surface area contributed by atoms with E-state index in [1.807, 2.05) is 4.57 Å². The van der Waals surface area contributed by atoms with Gasteiger partial charge in [0.15, 0.2) is 11.3 Å². The maximum atomic E-state index is 12.5. The Labute approximate surface area is 93.8 Å². The summed E-state index contributed by atoms with van der Waals surface area (Å²) >= 11 is 0. The van der Waals surface area contributed by atoms with Crippen LogP contribution in [0.15, 0.2) is 17.3 Å². The van der Waals surface area contributed by atoms with E-state index in [0.29, 0.717) is 18.7 Å². The second-order valence-corrected chi connectivity index (χ2v) is 3.72. The van der Waals surface area contributed by atoms with Crippen LogP contribution in [-0.2, 0) is 12.7 Å². The quantitative estimate of drug-likeness (QED) is 0.705. The lowest BCUT2D eigenvalue weighted by Gasteiger charge is -2.09. The smallest absolute Gasteiger partial charge is 0.321 e. The zero-order valence-corrected chi connectivity index (χ0v) is 8.57. The van der Waals surface area contributed by atoms with E-state index in [0.717, 1.165) is 11.9 Å². The van der Waals surface area contributed by atoms with Crippen LogP contribution in [0.1, 0.15) is 11.4 Å². The van der Waals surface area contributed by atoms with Crippen molar-refractivity contribution in [2.45, 2.75) is 12.7 Å². The van der Waals surface area contributed by atoms with Crippen LogP contribution in [0.5, 0.6) is 0 Å². The molecule has 3 heterocycles. The summed E-state index contributed by atoms with van der Waals surface area (Å²) in [5.74, 6) is 0. The average Bonchev–Trinajstić information content (AvgIpc) is 2.65. The summed E-state index contributed by atoms with van der Waals surface area (Å²) < 4.78 is 39.2. The number of aliphatic imine (C=N–C) groups is 1. The van der Waals surface area contributed by atoms with Crippen LogP contribution < -0.4 is 0 Å². The molecule has 0 aromatic carbocycles. The van der Waals surface area contributed by atoms with Crippen molar-refractivity contribution in [1.29, 1.82) is 0 Å². The molecular formula is C10H7F3N4. The summed E-state index contributed by atoms with van der Waals surface area (Å²) in [6.07, 6.45) is -2.07. The van der Waals surface area contributed by atoms with Gasteiger partial charge in [-0.15, -0.1) is 0 Å². The Bertz CT molecular complexity index is 612. The molecule has 2 aromatic heterocycles. The van der Waals surface area contributed by atoms with Crippen molar-refractivity contribution in [3.05, 3.63) is 23.7 Å². The highest BCUT2D eigenvalue weighted by Crippen LogP contribution is 2.28. The average molecular weight is 240 g/mol. The molecule has 0 saturated carbocycles. The van der Waals surface area contributed by atoms with Crippen molar-refractivity contribution < 1.29 is 13.2 Å². The fourth-order valence-electron chi connectivity index (χ4n) is 1.84. The van der Waals surface area contributed by atoms with E-state index >= 15 is 0 Å². The van der Waals surface area contributed by atoms with Gasteiger partial charge in [-0.25, -0.2) is 9.97 Å². The summed E-state index contributed by atoms with van der Waals surface area (Å²) in [6.45, 7) is 1.23. The molecule has 2 aromatic rings. The van der Waals surface area contributed by atoms with Crippen molar-refractivity contribution in [2.24, 2.45) is 4.99 Å². The van der Waals surface area contributed by atoms with Crippen LogP contribution in [0, 0.1) is 0 Å². The van der Waals surface area contributed by atoms with E-state index in [2.05, 4.69) is 15.0 Å². The first kappa shape index (κ1) is 10.2. The van der Waals surface area contributed by atoms with E-state index < -0.39 is 11.9 Å². The molecule has 0 unspecified atom stereocenters. The van der Waals surface area contributed by atoms with Gasteiger partial charge in [-0.05, 0) is 6.07 Å². The predicted molar refractivity (Wildman–Crippen MR) is 55.0 cm³/mol. The second-order valence-electron chi connectivity index (χ2n) is 3.72. The van der Waals surface area contributed by atoms with Gasteiger partial charge in [-0.2, -0.15) is 13.2 Å². The zero-order chi connectivity index (χ0) is 12.0. The molecule has 1 aliphatic rings. The molecule has 3 rings (SSSR count). The van der Waals surface area contributed by atoms with E-state index in [1.54, 1.807) is 12.3 Å². The minimum absolute atomic E-state index is 0.253. The SMILES string of the molecule is FC(F)(F)c1cnc2c(cc3n2CCN=C3)n1. The van der Waals surface area contributed by atoms with Crippen molar-refractivity contribution in [3.8, 4) is 0 Å². The second kappa shape index (κ2) is 3.28. The Morgan fingerprint density at radius 3 is 2.88 bits per heavy atom. The molecule has 0 radical (unpaired) electrons. The van der Waals surface area contributed by atoms with Crippen molar-refractivity contribution >= 4 is 17.4 Å². The summed E-state index contributed by atoms with van der Waals surface area (Å²) in [7, 11) is 0. The first-order valence-corrected chi connectivity index (χ1v) is 4.99. The van der Waals surface area contributed by atoms with Gasteiger partial charge in [0, 0.05) is 12.8 Å². The Hall–Kier alpha value is -1.92. The highest BCUT2D eigenvalue weighted by atomic mass is 19.4. The Kier molecular flexibility index (Phi) is 1.98. The minimum atomic E-state index is -4.46. The first-order valence-electron chi connectivity index (χ1n) is 4.99. The minimum Gasteiger partial charge on any atom is -0.321 e. The monoisotopic (exact) mass is 240 g/mol. The lowest BCUT2D eigenvalue weighted by Crippen LogP contribution is -2.12. The molecule has 0 fully saturated rings. The van der Waals surface area contributed by atoms with Gasteiger partial charge in [-0.1, -0.05) is 0 Å². The van der Waals surface area contributed by atoms with Gasteiger partial charge in [-0.3, -0.25) is 4.99 Å². The van der Waals surface area contributed by atoms with Gasteiger partial charge in [0.05, 0.1) is 18.4 Å². The molecule has 17 heavy (non-hydrogen) atoms. The van der Waals surface area contributed by atoms with Crippen molar-refractivity contribution in [3.63, 3.8) is 0 Å². The van der Waals surface area contributed by atoms with Gasteiger partial charge in [0.2, 0.25) is 0 Å². The standard InChI is InChI=1S/C10H7F3N4/c11-10(12,13)8-5-15-9-7(16-8)3-6-4-14-1-2-17(6)9/h3-5H,1-2H2. The van der Waals surface area contributed by atoms with Crippen LogP contribution in [-0.4, -0.2) is 27.3 Å². The van der Waals surface area contributed by atoms with E-state index in [-0.39, 0.29) is 5.52 Å². The maximum absolute atomic E-state index is 12.5. The fraction of sp³-hybridized carbons (Fsp3) is 0.300. The Balaban J connectivity index is 2.22. The molecule has 4 nitrogen and oxygen atoms in total. The summed E-state index contributed by atoms with van der Waals surface area (Å²) in [5.41, 5.74) is 0.498. The van der Waals surface area contributed by atoms with Crippen molar-refractivity contribution in [1.82, 2.24) is 14.5 Å². The number of hydrogen-bond acceptors (Lipinski definition) is 3. The number of nitrogens with zero attached hydrogens (tertiary/aromatic N) is 4. The largest absolute Gasteiger partial charge is 0.434 e. The highest BCUT2D eigenvalue weighted by Gasteiger charge is 2.33. The molecule has 0 spiro atoms. The molecule has 7 heteroatoms. The first-order chi connectivity index (χ1) is 8.05.